The molecule has 0 bridgehead atoms. The Balaban J connectivity index is 2.03. The van der Waals surface area contributed by atoms with E-state index in [0.29, 0.717) is 5.96 Å². The van der Waals surface area contributed by atoms with Gasteiger partial charge in [-0.05, 0) is 12.8 Å². The molecule has 0 aliphatic carbocycles. The number of guanidine groups is 1. The number of nitrogens with zero attached hydrogens (tertiary/aromatic N) is 3. The van der Waals surface area contributed by atoms with Gasteiger partial charge in [0, 0.05) is 13.1 Å². The Bertz CT molecular complexity index is 589. The van der Waals surface area contributed by atoms with Crippen LogP contribution in [0.25, 0.3) is 0 Å². The van der Waals surface area contributed by atoms with Gasteiger partial charge in [-0.3, -0.25) is 0 Å². The van der Waals surface area contributed by atoms with Crippen LogP contribution in [0.4, 0.5) is 5.82 Å². The highest BCUT2D eigenvalue weighted by atomic mass is 35.5. The van der Waals surface area contributed by atoms with Crippen LogP contribution in [0.2, 0.25) is 4.47 Å². The average Bonchev–Trinajstić information content (AvgIpc) is 2.84. The molecule has 0 radical (unpaired) electrons. The second-order valence-corrected chi connectivity index (χ2v) is 7.19. The largest absolute Gasteiger partial charge is 0.342 e. The minimum absolute atomic E-state index is 0.0884. The molecule has 3 heterocycles. The number of likely N-dealkylation sites (tertiary alicyclic amines) is 1. The molecule has 1 aromatic heterocycles. The molecule has 0 saturated carbocycles. The molecule has 17 heavy (non-hydrogen) atoms. The highest BCUT2D eigenvalue weighted by molar-refractivity contribution is 7.92. The van der Waals surface area contributed by atoms with Crippen molar-refractivity contribution in [3.05, 3.63) is 4.47 Å². The molecule has 92 valence electrons. The average molecular weight is 293 g/mol. The highest BCUT2D eigenvalue weighted by Gasteiger charge is 2.32. The zero-order valence-corrected chi connectivity index (χ0v) is 11.1. The molecule has 3 rings (SSSR count). The molecule has 0 atom stereocenters. The molecule has 0 unspecified atom stereocenters. The van der Waals surface area contributed by atoms with E-state index in [1.54, 1.807) is 0 Å². The molecule has 2 aliphatic rings. The van der Waals surface area contributed by atoms with Crippen LogP contribution in [-0.4, -0.2) is 37.4 Å². The number of hydrogen-bond acceptors (Lipinski definition) is 6. The van der Waals surface area contributed by atoms with Crippen molar-refractivity contribution < 1.29 is 8.42 Å². The van der Waals surface area contributed by atoms with Crippen LogP contribution in [0, 0.1) is 0 Å². The molecule has 1 saturated heterocycles. The van der Waals surface area contributed by atoms with Crippen molar-refractivity contribution in [3.63, 3.8) is 0 Å². The van der Waals surface area contributed by atoms with Crippen LogP contribution in [0.3, 0.4) is 0 Å². The summed E-state index contributed by atoms with van der Waals surface area (Å²) < 4.78 is 27.9. The summed E-state index contributed by atoms with van der Waals surface area (Å²) in [6.45, 7) is 1.63. The minimum Gasteiger partial charge on any atom is -0.342 e. The number of thiazole rings is 1. The van der Waals surface area contributed by atoms with E-state index in [-0.39, 0.29) is 14.5 Å². The summed E-state index contributed by atoms with van der Waals surface area (Å²) in [5.74, 6) is 0.647. The summed E-state index contributed by atoms with van der Waals surface area (Å²) in [4.78, 5) is 5.87. The summed E-state index contributed by atoms with van der Waals surface area (Å²) in [6, 6.07) is 0. The van der Waals surface area contributed by atoms with Crippen molar-refractivity contribution in [3.8, 4) is 0 Å². The van der Waals surface area contributed by atoms with E-state index < -0.39 is 10.0 Å². The van der Waals surface area contributed by atoms with Gasteiger partial charge < -0.3 is 10.2 Å². The first kappa shape index (κ1) is 11.2. The SMILES string of the molecule is O=S1(=O)N=C(N2CCCC2)Nc2nc(Cl)sc21. The van der Waals surface area contributed by atoms with Crippen LogP contribution >= 0.6 is 22.9 Å². The van der Waals surface area contributed by atoms with Crippen LogP contribution in [0.1, 0.15) is 12.8 Å². The molecule has 1 aromatic rings. The third-order valence-electron chi connectivity index (χ3n) is 2.65. The van der Waals surface area contributed by atoms with Gasteiger partial charge in [0.25, 0.3) is 10.0 Å². The summed E-state index contributed by atoms with van der Waals surface area (Å²) in [7, 11) is -3.65. The van der Waals surface area contributed by atoms with Gasteiger partial charge in [-0.1, -0.05) is 22.9 Å². The lowest BCUT2D eigenvalue weighted by molar-refractivity contribution is 0.516. The van der Waals surface area contributed by atoms with Gasteiger partial charge in [0.2, 0.25) is 5.96 Å². The Morgan fingerprint density at radius 3 is 2.76 bits per heavy atom. The van der Waals surface area contributed by atoms with Crippen molar-refractivity contribution in [2.45, 2.75) is 17.1 Å². The fourth-order valence-electron chi connectivity index (χ4n) is 1.88. The highest BCUT2D eigenvalue weighted by Crippen LogP contribution is 2.35. The van der Waals surface area contributed by atoms with E-state index in [9.17, 15) is 8.42 Å². The summed E-state index contributed by atoms with van der Waals surface area (Å²) in [5.41, 5.74) is 0. The smallest absolute Gasteiger partial charge is 0.298 e. The minimum atomic E-state index is -3.65. The van der Waals surface area contributed by atoms with Gasteiger partial charge in [-0.15, -0.1) is 4.40 Å². The summed E-state index contributed by atoms with van der Waals surface area (Å²) >= 11 is 6.64. The summed E-state index contributed by atoms with van der Waals surface area (Å²) in [6.07, 6.45) is 2.09. The van der Waals surface area contributed by atoms with Crippen LogP contribution in [0.15, 0.2) is 8.61 Å². The third kappa shape index (κ3) is 1.90. The topological polar surface area (TPSA) is 74.7 Å². The zero-order chi connectivity index (χ0) is 12.0. The first-order valence-corrected chi connectivity index (χ1v) is 7.73. The fraction of sp³-hybridized carbons (Fsp3) is 0.500. The lowest BCUT2D eigenvalue weighted by Crippen LogP contribution is -2.37. The first-order valence-electron chi connectivity index (χ1n) is 5.09. The van der Waals surface area contributed by atoms with Crippen LogP contribution in [0.5, 0.6) is 0 Å². The third-order valence-corrected chi connectivity index (χ3v) is 5.56. The number of anilines is 1. The normalized spacial score (nSPS) is 21.9. The van der Waals surface area contributed by atoms with Gasteiger partial charge in [0.15, 0.2) is 14.5 Å². The number of nitrogens with one attached hydrogen (secondary N) is 1. The molecular formula is C8H9ClN4O2S2. The van der Waals surface area contributed by atoms with Crippen LogP contribution < -0.4 is 5.32 Å². The Morgan fingerprint density at radius 2 is 2.06 bits per heavy atom. The molecule has 1 fully saturated rings. The zero-order valence-electron chi connectivity index (χ0n) is 8.68. The lowest BCUT2D eigenvalue weighted by Gasteiger charge is -2.22. The van der Waals surface area contributed by atoms with E-state index in [4.69, 9.17) is 11.6 Å². The quantitative estimate of drug-likeness (QED) is 0.781. The number of fused-ring (bicyclic) bond motifs is 1. The van der Waals surface area contributed by atoms with Gasteiger partial charge >= 0.3 is 0 Å². The van der Waals surface area contributed by atoms with Gasteiger partial charge in [-0.25, -0.2) is 4.98 Å². The van der Waals surface area contributed by atoms with Gasteiger partial charge in [-0.2, -0.15) is 8.42 Å². The lowest BCUT2D eigenvalue weighted by atomic mass is 10.4. The Hall–Kier alpha value is -0.860. The molecular weight excluding hydrogens is 284 g/mol. The van der Waals surface area contributed by atoms with E-state index in [0.717, 1.165) is 37.3 Å². The van der Waals surface area contributed by atoms with Crippen LogP contribution in [-0.2, 0) is 10.0 Å². The van der Waals surface area contributed by atoms with Crippen molar-refractivity contribution in [2.24, 2.45) is 4.40 Å². The maximum Gasteiger partial charge on any atom is 0.298 e. The number of sulfonamides is 1. The molecule has 2 aliphatic heterocycles. The van der Waals surface area contributed by atoms with Crippen molar-refractivity contribution in [2.75, 3.05) is 18.4 Å². The molecule has 0 amide bonds. The number of aromatic nitrogens is 1. The van der Waals surface area contributed by atoms with E-state index in [1.165, 1.54) is 0 Å². The van der Waals surface area contributed by atoms with Crippen molar-refractivity contribution in [1.29, 1.82) is 0 Å². The van der Waals surface area contributed by atoms with Crippen molar-refractivity contribution in [1.82, 2.24) is 9.88 Å². The Morgan fingerprint density at radius 1 is 1.35 bits per heavy atom. The van der Waals surface area contributed by atoms with E-state index >= 15 is 0 Å². The molecule has 0 spiro atoms. The second kappa shape index (κ2) is 3.82. The maximum absolute atomic E-state index is 11.9. The number of hydrogen-bond donors (Lipinski definition) is 1. The first-order chi connectivity index (χ1) is 8.06. The molecule has 9 heteroatoms. The molecule has 0 aromatic carbocycles. The Kier molecular flexibility index (Phi) is 2.53. The van der Waals surface area contributed by atoms with E-state index in [1.807, 2.05) is 4.90 Å². The number of halogens is 1. The van der Waals surface area contributed by atoms with E-state index in [2.05, 4.69) is 14.7 Å². The molecule has 6 nitrogen and oxygen atoms in total. The standard InChI is InChI=1S/C8H9ClN4O2S2/c9-7-10-5-6(16-7)17(14,15)12-8(11-5)13-3-1-2-4-13/h1-4H2,(H,11,12). The molecule has 1 N–H and O–H groups in total. The maximum atomic E-state index is 11.9. The second-order valence-electron chi connectivity index (χ2n) is 3.81. The summed E-state index contributed by atoms with van der Waals surface area (Å²) in [5, 5.41) is 2.93. The predicted molar refractivity (Wildman–Crippen MR) is 66.2 cm³/mol. The van der Waals surface area contributed by atoms with Gasteiger partial charge in [0.1, 0.15) is 0 Å². The predicted octanol–water partition coefficient (Wildman–Crippen LogP) is 1.36. The van der Waals surface area contributed by atoms with Crippen molar-refractivity contribution >= 4 is 44.7 Å². The Labute approximate surface area is 107 Å². The fourth-order valence-corrected chi connectivity index (χ4v) is 4.40. The monoisotopic (exact) mass is 292 g/mol. The van der Waals surface area contributed by atoms with Gasteiger partial charge in [0.05, 0.1) is 0 Å². The number of rotatable bonds is 0.